The van der Waals surface area contributed by atoms with Gasteiger partial charge in [-0.3, -0.25) is 0 Å². The van der Waals surface area contributed by atoms with E-state index in [1.165, 1.54) is 0 Å². The molecular formula is C14H21NO3. The number of ether oxygens (including phenoxy) is 1. The molecule has 18 heavy (non-hydrogen) atoms. The maximum absolute atomic E-state index is 11.5. The van der Waals surface area contributed by atoms with Gasteiger partial charge in [-0.15, -0.1) is 0 Å². The predicted octanol–water partition coefficient (Wildman–Crippen LogP) is 1.97. The van der Waals surface area contributed by atoms with Crippen molar-refractivity contribution in [2.45, 2.75) is 26.9 Å². The zero-order valence-corrected chi connectivity index (χ0v) is 11.7. The van der Waals surface area contributed by atoms with Crippen LogP contribution in [0, 0.1) is 13.8 Å². The normalized spacial score (nSPS) is 12.1. The molecule has 0 aliphatic rings. The molecule has 0 aliphatic heterocycles. The lowest BCUT2D eigenvalue weighted by Gasteiger charge is -2.20. The van der Waals surface area contributed by atoms with Crippen LogP contribution in [-0.2, 0) is 9.53 Å². The second-order valence-electron chi connectivity index (χ2n) is 4.53. The van der Waals surface area contributed by atoms with Crippen molar-refractivity contribution in [3.63, 3.8) is 0 Å². The number of benzene rings is 1. The van der Waals surface area contributed by atoms with E-state index in [9.17, 15) is 9.90 Å². The highest BCUT2D eigenvalue weighted by atomic mass is 16.5. The van der Waals surface area contributed by atoms with Crippen molar-refractivity contribution in [3.05, 3.63) is 28.8 Å². The van der Waals surface area contributed by atoms with Crippen LogP contribution in [0.15, 0.2) is 12.1 Å². The second kappa shape index (κ2) is 5.87. The summed E-state index contributed by atoms with van der Waals surface area (Å²) in [6.07, 6.45) is -1.22. The van der Waals surface area contributed by atoms with Gasteiger partial charge in [0.1, 0.15) is 0 Å². The second-order valence-corrected chi connectivity index (χ2v) is 4.53. The van der Waals surface area contributed by atoms with Crippen LogP contribution in [0.4, 0.5) is 5.69 Å². The third-order valence-electron chi connectivity index (χ3n) is 2.97. The number of hydrogen-bond acceptors (Lipinski definition) is 4. The van der Waals surface area contributed by atoms with Crippen molar-refractivity contribution < 1.29 is 14.6 Å². The molecule has 4 nitrogen and oxygen atoms in total. The Bertz CT molecular complexity index is 441. The van der Waals surface area contributed by atoms with Crippen LogP contribution in [0.3, 0.4) is 0 Å². The smallest absolute Gasteiger partial charge is 0.339 e. The van der Waals surface area contributed by atoms with Gasteiger partial charge in [0.15, 0.2) is 6.10 Å². The number of carbonyl (C=O) groups is 1. The van der Waals surface area contributed by atoms with Crippen LogP contribution in [0.25, 0.3) is 0 Å². The molecule has 1 atom stereocenters. The van der Waals surface area contributed by atoms with Gasteiger partial charge in [0.2, 0.25) is 0 Å². The van der Waals surface area contributed by atoms with Crippen molar-refractivity contribution >= 4 is 11.7 Å². The molecule has 0 bridgehead atoms. The first kappa shape index (κ1) is 14.5. The zero-order chi connectivity index (χ0) is 13.9. The summed E-state index contributed by atoms with van der Waals surface area (Å²) in [6.45, 7) is 5.96. The highest BCUT2D eigenvalue weighted by molar-refractivity contribution is 5.77. The van der Waals surface area contributed by atoms with Gasteiger partial charge < -0.3 is 14.7 Å². The molecule has 1 N–H and O–H groups in total. The van der Waals surface area contributed by atoms with E-state index in [1.54, 1.807) is 6.92 Å². The van der Waals surface area contributed by atoms with Gasteiger partial charge in [0.05, 0.1) is 6.61 Å². The number of esters is 1. The molecule has 0 fully saturated rings. The minimum absolute atomic E-state index is 0.265. The number of anilines is 1. The first-order valence-corrected chi connectivity index (χ1v) is 6.01. The van der Waals surface area contributed by atoms with E-state index >= 15 is 0 Å². The Morgan fingerprint density at radius 3 is 2.50 bits per heavy atom. The topological polar surface area (TPSA) is 49.8 Å². The lowest BCUT2D eigenvalue weighted by Crippen LogP contribution is -2.17. The third kappa shape index (κ3) is 3.01. The van der Waals surface area contributed by atoms with Gasteiger partial charge in [-0.25, -0.2) is 4.79 Å². The summed E-state index contributed by atoms with van der Waals surface area (Å²) in [7, 11) is 3.87. The first-order chi connectivity index (χ1) is 8.38. The molecule has 4 heteroatoms. The standard InChI is InChI=1S/C14H21NO3/c1-6-18-14(17)13(16)11-7-9(2)10(3)12(8-11)15(4)5/h7-8,13,16H,6H2,1-5H3. The van der Waals surface area contributed by atoms with E-state index in [2.05, 4.69) is 0 Å². The van der Waals surface area contributed by atoms with Crippen molar-refractivity contribution in [1.29, 1.82) is 0 Å². The number of nitrogens with zero attached hydrogens (tertiary/aromatic N) is 1. The summed E-state index contributed by atoms with van der Waals surface area (Å²) in [5.74, 6) is -0.606. The Hall–Kier alpha value is -1.55. The van der Waals surface area contributed by atoms with E-state index in [1.807, 2.05) is 45.0 Å². The Morgan fingerprint density at radius 2 is 2.00 bits per heavy atom. The van der Waals surface area contributed by atoms with Crippen molar-refractivity contribution in [3.8, 4) is 0 Å². The van der Waals surface area contributed by atoms with Gasteiger partial charge in [-0.2, -0.15) is 0 Å². The lowest BCUT2D eigenvalue weighted by atomic mass is 10.00. The fourth-order valence-corrected chi connectivity index (χ4v) is 1.85. The van der Waals surface area contributed by atoms with Gasteiger partial charge in [0.25, 0.3) is 0 Å². The number of carbonyl (C=O) groups excluding carboxylic acids is 1. The predicted molar refractivity (Wildman–Crippen MR) is 71.8 cm³/mol. The van der Waals surface area contributed by atoms with E-state index in [4.69, 9.17) is 4.74 Å². The van der Waals surface area contributed by atoms with Crippen LogP contribution in [0.5, 0.6) is 0 Å². The fraction of sp³-hybridized carbons (Fsp3) is 0.500. The molecule has 100 valence electrons. The molecule has 1 unspecified atom stereocenters. The number of aryl methyl sites for hydroxylation is 1. The molecule has 1 rings (SSSR count). The van der Waals surface area contributed by atoms with Crippen molar-refractivity contribution in [2.24, 2.45) is 0 Å². The van der Waals surface area contributed by atoms with E-state index in [0.29, 0.717) is 5.56 Å². The maximum Gasteiger partial charge on any atom is 0.339 e. The van der Waals surface area contributed by atoms with E-state index < -0.39 is 12.1 Å². The number of aliphatic hydroxyl groups excluding tert-OH is 1. The molecule has 0 amide bonds. The Balaban J connectivity index is 3.14. The number of hydrogen-bond donors (Lipinski definition) is 1. The van der Waals surface area contributed by atoms with Crippen molar-refractivity contribution in [2.75, 3.05) is 25.6 Å². The fourth-order valence-electron chi connectivity index (χ4n) is 1.85. The van der Waals surface area contributed by atoms with Crippen LogP contribution < -0.4 is 4.90 Å². The number of rotatable bonds is 4. The number of aliphatic hydroxyl groups is 1. The highest BCUT2D eigenvalue weighted by Crippen LogP contribution is 2.27. The monoisotopic (exact) mass is 251 g/mol. The molecule has 1 aromatic rings. The molecule has 1 aromatic carbocycles. The Labute approximate surface area is 108 Å². The van der Waals surface area contributed by atoms with E-state index in [-0.39, 0.29) is 6.61 Å². The van der Waals surface area contributed by atoms with Crippen LogP contribution in [0.1, 0.15) is 29.7 Å². The summed E-state index contributed by atoms with van der Waals surface area (Å²) in [4.78, 5) is 13.5. The minimum atomic E-state index is -1.22. The lowest BCUT2D eigenvalue weighted by molar-refractivity contribution is -0.153. The third-order valence-corrected chi connectivity index (χ3v) is 2.97. The Morgan fingerprint density at radius 1 is 1.39 bits per heavy atom. The summed E-state index contributed by atoms with van der Waals surface area (Å²) in [6, 6.07) is 3.65. The molecule has 0 saturated carbocycles. The van der Waals surface area contributed by atoms with Crippen LogP contribution >= 0.6 is 0 Å². The average Bonchev–Trinajstić information content (AvgIpc) is 2.31. The van der Waals surface area contributed by atoms with Crippen LogP contribution in [0.2, 0.25) is 0 Å². The maximum atomic E-state index is 11.5. The molecule has 0 aromatic heterocycles. The van der Waals surface area contributed by atoms with Crippen LogP contribution in [-0.4, -0.2) is 31.8 Å². The largest absolute Gasteiger partial charge is 0.464 e. The van der Waals surface area contributed by atoms with Gasteiger partial charge in [0, 0.05) is 19.8 Å². The Kier molecular flexibility index (Phi) is 4.73. The molecule has 0 radical (unpaired) electrons. The molecule has 0 saturated heterocycles. The molecular weight excluding hydrogens is 230 g/mol. The summed E-state index contributed by atoms with van der Waals surface area (Å²) in [5.41, 5.74) is 3.74. The minimum Gasteiger partial charge on any atom is -0.464 e. The van der Waals surface area contributed by atoms with Gasteiger partial charge >= 0.3 is 5.97 Å². The summed E-state index contributed by atoms with van der Waals surface area (Å²) < 4.78 is 4.83. The van der Waals surface area contributed by atoms with E-state index in [0.717, 1.165) is 16.8 Å². The average molecular weight is 251 g/mol. The van der Waals surface area contributed by atoms with Gasteiger partial charge in [-0.1, -0.05) is 6.07 Å². The summed E-state index contributed by atoms with van der Waals surface area (Å²) in [5, 5.41) is 9.95. The molecule has 0 heterocycles. The SMILES string of the molecule is CCOC(=O)C(O)c1cc(C)c(C)c(N(C)C)c1. The van der Waals surface area contributed by atoms with Crippen molar-refractivity contribution in [1.82, 2.24) is 0 Å². The quantitative estimate of drug-likeness (QED) is 0.831. The van der Waals surface area contributed by atoms with Gasteiger partial charge in [-0.05, 0) is 43.5 Å². The molecule has 0 spiro atoms. The summed E-state index contributed by atoms with van der Waals surface area (Å²) >= 11 is 0. The highest BCUT2D eigenvalue weighted by Gasteiger charge is 2.20. The first-order valence-electron chi connectivity index (χ1n) is 6.01. The molecule has 0 aliphatic carbocycles. The zero-order valence-electron chi connectivity index (χ0n) is 11.7.